The molecule has 0 saturated carbocycles. The Kier molecular flexibility index (Phi) is 5.22. The molecule has 0 rings (SSSR count). The second kappa shape index (κ2) is 5.36. The van der Waals surface area contributed by atoms with E-state index in [9.17, 15) is 0 Å². The topological polar surface area (TPSA) is 6.48 Å². The van der Waals surface area contributed by atoms with Crippen LogP contribution in [0.2, 0.25) is 0 Å². The van der Waals surface area contributed by atoms with Gasteiger partial charge in [0.15, 0.2) is 5.11 Å². The minimum atomic E-state index is 0.497. The summed E-state index contributed by atoms with van der Waals surface area (Å²) in [5.41, 5.74) is 0. The van der Waals surface area contributed by atoms with Gasteiger partial charge in [0.25, 0.3) is 0 Å². The lowest BCUT2D eigenvalue weighted by Crippen LogP contribution is -2.44. The number of thiocarbonyl (C=S) groups is 1. The molecule has 0 bridgehead atoms. The van der Waals surface area contributed by atoms with Crippen molar-refractivity contribution in [3.8, 4) is 0 Å². The highest BCUT2D eigenvalue weighted by molar-refractivity contribution is 7.80. The number of hydrogen-bond acceptors (Lipinski definition) is 1. The standard InChI is InChI=1S/C9H20N2S/c1-6-10(5)9(12)11(7-2)8(3)4/h8H,6-7H2,1-5H3. The van der Waals surface area contributed by atoms with E-state index in [0.717, 1.165) is 18.2 Å². The second-order valence-electron chi connectivity index (χ2n) is 3.18. The zero-order valence-corrected chi connectivity index (χ0v) is 9.61. The molecule has 2 nitrogen and oxygen atoms in total. The molecule has 0 N–H and O–H groups in total. The van der Waals surface area contributed by atoms with E-state index < -0.39 is 0 Å². The Labute approximate surface area is 81.5 Å². The molecule has 0 aliphatic heterocycles. The highest BCUT2D eigenvalue weighted by Crippen LogP contribution is 2.02. The molecule has 0 fully saturated rings. The van der Waals surface area contributed by atoms with Gasteiger partial charge in [-0.25, -0.2) is 0 Å². The van der Waals surface area contributed by atoms with E-state index in [1.54, 1.807) is 0 Å². The first-order chi connectivity index (χ1) is 5.54. The lowest BCUT2D eigenvalue weighted by atomic mass is 10.3. The SMILES string of the molecule is CCN(C)C(=S)N(CC)C(C)C. The third kappa shape index (κ3) is 2.97. The molecular formula is C9H20N2S. The van der Waals surface area contributed by atoms with Crippen molar-refractivity contribution in [2.45, 2.75) is 33.7 Å². The minimum Gasteiger partial charge on any atom is -0.352 e. The van der Waals surface area contributed by atoms with Gasteiger partial charge in [0.1, 0.15) is 0 Å². The van der Waals surface area contributed by atoms with Gasteiger partial charge in [0.05, 0.1) is 0 Å². The average Bonchev–Trinajstić information content (AvgIpc) is 2.03. The molecule has 0 aromatic heterocycles. The average molecular weight is 188 g/mol. The van der Waals surface area contributed by atoms with Crippen molar-refractivity contribution in [1.29, 1.82) is 0 Å². The zero-order valence-electron chi connectivity index (χ0n) is 8.79. The van der Waals surface area contributed by atoms with Gasteiger partial charge in [-0.3, -0.25) is 0 Å². The molecule has 0 amide bonds. The fourth-order valence-corrected chi connectivity index (χ4v) is 1.54. The van der Waals surface area contributed by atoms with Crippen LogP contribution in [0.3, 0.4) is 0 Å². The Hall–Kier alpha value is -0.310. The van der Waals surface area contributed by atoms with E-state index in [1.165, 1.54) is 0 Å². The van der Waals surface area contributed by atoms with Crippen molar-refractivity contribution >= 4 is 17.3 Å². The third-order valence-corrected chi connectivity index (χ3v) is 2.56. The second-order valence-corrected chi connectivity index (χ2v) is 3.54. The molecule has 0 aromatic carbocycles. The van der Waals surface area contributed by atoms with Gasteiger partial charge in [-0.15, -0.1) is 0 Å². The fraction of sp³-hybridized carbons (Fsp3) is 0.889. The van der Waals surface area contributed by atoms with Crippen LogP contribution in [0.15, 0.2) is 0 Å². The van der Waals surface area contributed by atoms with Gasteiger partial charge in [0.2, 0.25) is 0 Å². The van der Waals surface area contributed by atoms with Crippen molar-refractivity contribution in [3.05, 3.63) is 0 Å². The Morgan fingerprint density at radius 1 is 1.25 bits per heavy atom. The van der Waals surface area contributed by atoms with Gasteiger partial charge in [-0.1, -0.05) is 0 Å². The summed E-state index contributed by atoms with van der Waals surface area (Å²) in [6.07, 6.45) is 0. The molecule has 0 aromatic rings. The zero-order chi connectivity index (χ0) is 9.72. The smallest absolute Gasteiger partial charge is 0.171 e. The predicted molar refractivity (Wildman–Crippen MR) is 58.4 cm³/mol. The van der Waals surface area contributed by atoms with Crippen LogP contribution >= 0.6 is 12.2 Å². The van der Waals surface area contributed by atoms with E-state index in [0.29, 0.717) is 6.04 Å². The summed E-state index contributed by atoms with van der Waals surface area (Å²) in [5, 5.41) is 0.954. The molecule has 0 radical (unpaired) electrons. The Balaban J connectivity index is 4.21. The van der Waals surface area contributed by atoms with Crippen LogP contribution in [0.5, 0.6) is 0 Å². The van der Waals surface area contributed by atoms with Crippen LogP contribution < -0.4 is 0 Å². The maximum atomic E-state index is 5.32. The van der Waals surface area contributed by atoms with Gasteiger partial charge in [-0.2, -0.15) is 0 Å². The van der Waals surface area contributed by atoms with Crippen LogP contribution in [-0.4, -0.2) is 41.1 Å². The van der Waals surface area contributed by atoms with Crippen molar-refractivity contribution < 1.29 is 0 Å². The first-order valence-electron chi connectivity index (χ1n) is 4.56. The Morgan fingerprint density at radius 2 is 1.75 bits per heavy atom. The van der Waals surface area contributed by atoms with E-state index in [4.69, 9.17) is 12.2 Å². The van der Waals surface area contributed by atoms with Crippen LogP contribution in [-0.2, 0) is 0 Å². The van der Waals surface area contributed by atoms with Crippen LogP contribution in [0.4, 0.5) is 0 Å². The van der Waals surface area contributed by atoms with Crippen molar-refractivity contribution in [2.24, 2.45) is 0 Å². The number of nitrogens with zero attached hydrogens (tertiary/aromatic N) is 2. The quantitative estimate of drug-likeness (QED) is 0.625. The first kappa shape index (κ1) is 11.7. The lowest BCUT2D eigenvalue weighted by molar-refractivity contribution is 0.323. The molecular weight excluding hydrogens is 168 g/mol. The van der Waals surface area contributed by atoms with Crippen molar-refractivity contribution in [1.82, 2.24) is 9.80 Å². The predicted octanol–water partition coefficient (Wildman–Crippen LogP) is 1.95. The molecule has 72 valence electrons. The maximum absolute atomic E-state index is 5.32. The van der Waals surface area contributed by atoms with Crippen LogP contribution in [0.25, 0.3) is 0 Å². The summed E-state index contributed by atoms with van der Waals surface area (Å²) in [6, 6.07) is 0.497. The van der Waals surface area contributed by atoms with Crippen molar-refractivity contribution in [3.63, 3.8) is 0 Å². The van der Waals surface area contributed by atoms with E-state index in [1.807, 2.05) is 7.05 Å². The maximum Gasteiger partial charge on any atom is 0.171 e. The van der Waals surface area contributed by atoms with Crippen LogP contribution in [0, 0.1) is 0 Å². The van der Waals surface area contributed by atoms with Crippen LogP contribution in [0.1, 0.15) is 27.7 Å². The number of rotatable bonds is 3. The molecule has 0 saturated heterocycles. The summed E-state index contributed by atoms with van der Waals surface area (Å²) < 4.78 is 0. The summed E-state index contributed by atoms with van der Waals surface area (Å²) in [7, 11) is 2.04. The first-order valence-corrected chi connectivity index (χ1v) is 4.97. The normalized spacial score (nSPS) is 10.2. The van der Waals surface area contributed by atoms with E-state index in [2.05, 4.69) is 37.5 Å². The van der Waals surface area contributed by atoms with Gasteiger partial charge in [-0.05, 0) is 39.9 Å². The minimum absolute atomic E-state index is 0.497. The summed E-state index contributed by atoms with van der Waals surface area (Å²) in [6.45, 7) is 10.5. The monoisotopic (exact) mass is 188 g/mol. The highest BCUT2D eigenvalue weighted by atomic mass is 32.1. The summed E-state index contributed by atoms with van der Waals surface area (Å²) in [4.78, 5) is 4.32. The Bertz CT molecular complexity index is 145. The Morgan fingerprint density at radius 3 is 2.00 bits per heavy atom. The fourth-order valence-electron chi connectivity index (χ4n) is 1.08. The van der Waals surface area contributed by atoms with Gasteiger partial charge < -0.3 is 9.80 Å². The molecule has 3 heteroatoms. The van der Waals surface area contributed by atoms with Crippen molar-refractivity contribution in [2.75, 3.05) is 20.1 Å². The van der Waals surface area contributed by atoms with E-state index in [-0.39, 0.29) is 0 Å². The summed E-state index contributed by atoms with van der Waals surface area (Å²) in [5.74, 6) is 0. The molecule has 0 atom stereocenters. The lowest BCUT2D eigenvalue weighted by Gasteiger charge is -2.32. The molecule has 0 heterocycles. The highest BCUT2D eigenvalue weighted by Gasteiger charge is 2.13. The molecule has 0 spiro atoms. The number of hydrogen-bond donors (Lipinski definition) is 0. The largest absolute Gasteiger partial charge is 0.352 e. The van der Waals surface area contributed by atoms with E-state index >= 15 is 0 Å². The third-order valence-electron chi connectivity index (χ3n) is 2.01. The molecule has 12 heavy (non-hydrogen) atoms. The molecule has 0 aliphatic rings. The van der Waals surface area contributed by atoms with Gasteiger partial charge in [0, 0.05) is 26.2 Å². The molecule has 0 unspecified atom stereocenters. The molecule has 0 aliphatic carbocycles. The summed E-state index contributed by atoms with van der Waals surface area (Å²) >= 11 is 5.32. The van der Waals surface area contributed by atoms with Gasteiger partial charge >= 0.3 is 0 Å².